The van der Waals surface area contributed by atoms with Gasteiger partial charge in [0.25, 0.3) is 0 Å². The summed E-state index contributed by atoms with van der Waals surface area (Å²) in [6.45, 7) is 4.56. The van der Waals surface area contributed by atoms with E-state index in [0.29, 0.717) is 12.5 Å². The first-order chi connectivity index (χ1) is 8.33. The van der Waals surface area contributed by atoms with Crippen LogP contribution in [0, 0.1) is 5.92 Å². The van der Waals surface area contributed by atoms with Crippen LogP contribution < -0.4 is 5.32 Å². The third-order valence-electron chi connectivity index (χ3n) is 3.02. The van der Waals surface area contributed by atoms with E-state index in [4.69, 9.17) is 5.11 Å². The minimum absolute atomic E-state index is 0.313. The van der Waals surface area contributed by atoms with Crippen LogP contribution in [0.25, 0.3) is 0 Å². The highest BCUT2D eigenvalue weighted by molar-refractivity contribution is 5.14. The van der Waals surface area contributed by atoms with Crippen molar-refractivity contribution in [2.45, 2.75) is 32.6 Å². The van der Waals surface area contributed by atoms with Gasteiger partial charge in [0.05, 0.1) is 0 Å². The summed E-state index contributed by atoms with van der Waals surface area (Å²) in [4.78, 5) is 0. The van der Waals surface area contributed by atoms with Gasteiger partial charge in [0.1, 0.15) is 0 Å². The molecule has 1 rings (SSSR count). The van der Waals surface area contributed by atoms with Crippen molar-refractivity contribution in [1.29, 1.82) is 0 Å². The lowest BCUT2D eigenvalue weighted by Crippen LogP contribution is -2.18. The molecular formula is C15H25NO. The van der Waals surface area contributed by atoms with Gasteiger partial charge in [-0.25, -0.2) is 0 Å². The van der Waals surface area contributed by atoms with E-state index in [1.807, 2.05) is 0 Å². The van der Waals surface area contributed by atoms with Crippen molar-refractivity contribution >= 4 is 0 Å². The molecule has 0 saturated carbocycles. The van der Waals surface area contributed by atoms with Crippen molar-refractivity contribution in [1.82, 2.24) is 5.32 Å². The van der Waals surface area contributed by atoms with Crippen LogP contribution in [0.3, 0.4) is 0 Å². The number of hydrogen-bond donors (Lipinski definition) is 2. The summed E-state index contributed by atoms with van der Waals surface area (Å²) in [5, 5.41) is 12.3. The van der Waals surface area contributed by atoms with E-state index in [9.17, 15) is 0 Å². The van der Waals surface area contributed by atoms with E-state index in [0.717, 1.165) is 32.4 Å². The van der Waals surface area contributed by atoms with Crippen molar-refractivity contribution in [2.24, 2.45) is 5.92 Å². The minimum Gasteiger partial charge on any atom is -0.396 e. The average molecular weight is 235 g/mol. The molecule has 2 heteroatoms. The summed E-state index contributed by atoms with van der Waals surface area (Å²) in [5.74, 6) is 0.445. The molecule has 0 aliphatic rings. The van der Waals surface area contributed by atoms with Crippen molar-refractivity contribution in [2.75, 3.05) is 19.7 Å². The highest BCUT2D eigenvalue weighted by Gasteiger charge is 1.98. The highest BCUT2D eigenvalue weighted by Crippen LogP contribution is 2.03. The van der Waals surface area contributed by atoms with Gasteiger partial charge in [0.2, 0.25) is 0 Å². The second-order valence-electron chi connectivity index (χ2n) is 4.77. The Morgan fingerprint density at radius 3 is 2.53 bits per heavy atom. The third-order valence-corrected chi connectivity index (χ3v) is 3.02. The summed E-state index contributed by atoms with van der Waals surface area (Å²) in [6, 6.07) is 10.6. The lowest BCUT2D eigenvalue weighted by molar-refractivity contribution is 0.228. The molecule has 0 bridgehead atoms. The molecule has 0 amide bonds. The maximum absolute atomic E-state index is 8.88. The lowest BCUT2D eigenvalue weighted by atomic mass is 10.1. The third kappa shape index (κ3) is 7.14. The molecule has 17 heavy (non-hydrogen) atoms. The van der Waals surface area contributed by atoms with E-state index in [2.05, 4.69) is 42.6 Å². The second-order valence-corrected chi connectivity index (χ2v) is 4.77. The summed E-state index contributed by atoms with van der Waals surface area (Å²) < 4.78 is 0. The van der Waals surface area contributed by atoms with Crippen LogP contribution >= 0.6 is 0 Å². The zero-order chi connectivity index (χ0) is 12.3. The molecule has 0 radical (unpaired) electrons. The predicted octanol–water partition coefficient (Wildman–Crippen LogP) is 2.62. The van der Waals surface area contributed by atoms with Crippen molar-refractivity contribution in [3.8, 4) is 0 Å². The fourth-order valence-corrected chi connectivity index (χ4v) is 1.85. The molecule has 0 saturated heterocycles. The molecular weight excluding hydrogens is 210 g/mol. The molecule has 0 aromatic heterocycles. The normalized spacial score (nSPS) is 12.6. The standard InChI is InChI=1S/C15H25NO/c1-14(13-17)7-5-11-16-12-6-10-15-8-3-2-4-9-15/h2-4,8-9,14,16-17H,5-7,10-13H2,1H3. The van der Waals surface area contributed by atoms with Gasteiger partial charge in [-0.2, -0.15) is 0 Å². The Bertz CT molecular complexity index is 274. The fourth-order valence-electron chi connectivity index (χ4n) is 1.85. The molecule has 2 nitrogen and oxygen atoms in total. The van der Waals surface area contributed by atoms with Crippen LogP contribution in [0.15, 0.2) is 30.3 Å². The first-order valence-corrected chi connectivity index (χ1v) is 6.68. The fraction of sp³-hybridized carbons (Fsp3) is 0.600. The summed E-state index contributed by atoms with van der Waals surface area (Å²) in [7, 11) is 0. The number of aliphatic hydroxyl groups excluding tert-OH is 1. The van der Waals surface area contributed by atoms with Crippen LogP contribution in [0.5, 0.6) is 0 Å². The maximum atomic E-state index is 8.88. The van der Waals surface area contributed by atoms with E-state index < -0.39 is 0 Å². The topological polar surface area (TPSA) is 32.3 Å². The van der Waals surface area contributed by atoms with Crippen molar-refractivity contribution < 1.29 is 5.11 Å². The first kappa shape index (κ1) is 14.2. The van der Waals surface area contributed by atoms with Gasteiger partial charge in [-0.05, 0) is 50.3 Å². The number of hydrogen-bond acceptors (Lipinski definition) is 2. The Kier molecular flexibility index (Phi) is 7.69. The Hall–Kier alpha value is -0.860. The molecule has 0 spiro atoms. The molecule has 1 atom stereocenters. The molecule has 2 N–H and O–H groups in total. The van der Waals surface area contributed by atoms with E-state index >= 15 is 0 Å². The number of rotatable bonds is 9. The highest BCUT2D eigenvalue weighted by atomic mass is 16.3. The van der Waals surface area contributed by atoms with E-state index in [1.165, 1.54) is 12.0 Å². The van der Waals surface area contributed by atoms with Gasteiger partial charge in [-0.15, -0.1) is 0 Å². The van der Waals surface area contributed by atoms with Crippen LogP contribution in [-0.2, 0) is 6.42 Å². The van der Waals surface area contributed by atoms with Gasteiger partial charge in [-0.1, -0.05) is 37.3 Å². The number of aryl methyl sites for hydroxylation is 1. The molecule has 96 valence electrons. The Balaban J connectivity index is 1.91. The molecule has 1 aromatic carbocycles. The molecule has 0 aliphatic heterocycles. The Morgan fingerprint density at radius 1 is 1.12 bits per heavy atom. The van der Waals surface area contributed by atoms with Crippen LogP contribution in [0.1, 0.15) is 31.7 Å². The van der Waals surface area contributed by atoms with Crippen LogP contribution in [0.4, 0.5) is 0 Å². The van der Waals surface area contributed by atoms with Gasteiger partial charge in [0, 0.05) is 6.61 Å². The number of benzene rings is 1. The van der Waals surface area contributed by atoms with E-state index in [-0.39, 0.29) is 0 Å². The van der Waals surface area contributed by atoms with Crippen molar-refractivity contribution in [3.63, 3.8) is 0 Å². The van der Waals surface area contributed by atoms with E-state index in [1.54, 1.807) is 0 Å². The largest absolute Gasteiger partial charge is 0.396 e. The quantitative estimate of drug-likeness (QED) is 0.645. The summed E-state index contributed by atoms with van der Waals surface area (Å²) in [5.41, 5.74) is 1.42. The SMILES string of the molecule is CC(CO)CCCNCCCc1ccccc1. The van der Waals surface area contributed by atoms with Gasteiger partial charge in [0.15, 0.2) is 0 Å². The molecule has 0 heterocycles. The monoisotopic (exact) mass is 235 g/mol. The maximum Gasteiger partial charge on any atom is 0.0456 e. The predicted molar refractivity (Wildman–Crippen MR) is 73.1 cm³/mol. The number of aliphatic hydroxyl groups is 1. The van der Waals surface area contributed by atoms with Crippen molar-refractivity contribution in [3.05, 3.63) is 35.9 Å². The van der Waals surface area contributed by atoms with Crippen LogP contribution in [0.2, 0.25) is 0 Å². The molecule has 1 aromatic rings. The summed E-state index contributed by atoms with van der Waals surface area (Å²) >= 11 is 0. The summed E-state index contributed by atoms with van der Waals surface area (Å²) in [6.07, 6.45) is 4.62. The second kappa shape index (κ2) is 9.20. The first-order valence-electron chi connectivity index (χ1n) is 6.68. The smallest absolute Gasteiger partial charge is 0.0456 e. The lowest BCUT2D eigenvalue weighted by Gasteiger charge is -2.08. The van der Waals surface area contributed by atoms with Crippen LogP contribution in [-0.4, -0.2) is 24.8 Å². The van der Waals surface area contributed by atoms with Gasteiger partial charge < -0.3 is 10.4 Å². The Morgan fingerprint density at radius 2 is 1.82 bits per heavy atom. The zero-order valence-corrected chi connectivity index (χ0v) is 10.9. The molecule has 0 aliphatic carbocycles. The average Bonchev–Trinajstić information content (AvgIpc) is 2.38. The number of nitrogens with one attached hydrogen (secondary N) is 1. The van der Waals surface area contributed by atoms with Gasteiger partial charge >= 0.3 is 0 Å². The minimum atomic E-state index is 0.313. The Labute approximate surface area is 105 Å². The zero-order valence-electron chi connectivity index (χ0n) is 10.9. The van der Waals surface area contributed by atoms with Gasteiger partial charge in [-0.3, -0.25) is 0 Å². The molecule has 0 fully saturated rings. The molecule has 1 unspecified atom stereocenters.